The molecule has 0 fully saturated rings. The molecule has 0 N–H and O–H groups in total. The van der Waals surface area contributed by atoms with E-state index in [4.69, 9.17) is 4.74 Å². The van der Waals surface area contributed by atoms with Crippen molar-refractivity contribution in [3.63, 3.8) is 0 Å². The Balaban J connectivity index is 4.31. The molecule has 0 rings (SSSR count). The molecular weight excluding hydrogens is 128 g/mol. The Morgan fingerprint density at radius 1 is 1.40 bits per heavy atom. The van der Waals surface area contributed by atoms with Crippen LogP contribution in [0, 0.1) is 0 Å². The second-order valence-electron chi connectivity index (χ2n) is 2.46. The first kappa shape index (κ1) is 9.63. The van der Waals surface area contributed by atoms with Crippen LogP contribution in [-0.4, -0.2) is 18.5 Å². The molecular formula is C8H16O2. The van der Waals surface area contributed by atoms with Gasteiger partial charge in [-0.15, -0.1) is 0 Å². The maximum atomic E-state index is 11.0. The zero-order valence-electron chi connectivity index (χ0n) is 7.23. The van der Waals surface area contributed by atoms with Crippen LogP contribution in [0.3, 0.4) is 0 Å². The van der Waals surface area contributed by atoms with Gasteiger partial charge >= 0.3 is 0 Å². The van der Waals surface area contributed by atoms with Crippen molar-refractivity contribution >= 4 is 5.78 Å². The molecule has 0 saturated heterocycles. The highest BCUT2D eigenvalue weighted by atomic mass is 16.5. The number of Topliss-reactive ketones (excluding diaryl/α,β-unsaturated/α-hetero) is 1. The Labute approximate surface area is 62.6 Å². The van der Waals surface area contributed by atoms with Gasteiger partial charge in [-0.3, -0.25) is 4.79 Å². The van der Waals surface area contributed by atoms with Crippen LogP contribution in [0.2, 0.25) is 0 Å². The van der Waals surface area contributed by atoms with Gasteiger partial charge in [0.25, 0.3) is 0 Å². The molecule has 0 aliphatic heterocycles. The number of rotatable bonds is 4. The fraction of sp³-hybridized carbons (Fsp3) is 0.875. The fourth-order valence-electron chi connectivity index (χ4n) is 1.18. The normalized spacial score (nSPS) is 11.6. The summed E-state index contributed by atoms with van der Waals surface area (Å²) in [4.78, 5) is 11.0. The first-order chi connectivity index (χ1) is 4.63. The lowest BCUT2D eigenvalue weighted by Crippen LogP contribution is -2.37. The van der Waals surface area contributed by atoms with Gasteiger partial charge in [0.15, 0.2) is 5.78 Å². The van der Waals surface area contributed by atoms with Crippen molar-refractivity contribution in [1.29, 1.82) is 0 Å². The highest BCUT2D eigenvalue weighted by Crippen LogP contribution is 2.19. The number of ketones is 1. The Morgan fingerprint density at radius 3 is 1.80 bits per heavy atom. The standard InChI is InChI=1S/C8H16O2/c1-5-8(6-2,10-4)7(3)9/h5-6H2,1-4H3. The number of carbonyl (C=O) groups excluding carboxylic acids is 1. The zero-order chi connectivity index (χ0) is 8.20. The van der Waals surface area contributed by atoms with Crippen LogP contribution in [0.1, 0.15) is 33.6 Å². The van der Waals surface area contributed by atoms with Crippen molar-refractivity contribution in [1.82, 2.24) is 0 Å². The van der Waals surface area contributed by atoms with Gasteiger partial charge in [-0.2, -0.15) is 0 Å². The van der Waals surface area contributed by atoms with E-state index in [1.807, 2.05) is 13.8 Å². The molecule has 0 aromatic carbocycles. The lowest BCUT2D eigenvalue weighted by molar-refractivity contribution is -0.139. The molecule has 60 valence electrons. The van der Waals surface area contributed by atoms with Gasteiger partial charge in [-0.1, -0.05) is 13.8 Å². The predicted molar refractivity (Wildman–Crippen MR) is 41.0 cm³/mol. The van der Waals surface area contributed by atoms with Crippen LogP contribution in [-0.2, 0) is 9.53 Å². The third kappa shape index (κ3) is 1.57. The van der Waals surface area contributed by atoms with E-state index in [0.29, 0.717) is 0 Å². The number of hydrogen-bond donors (Lipinski definition) is 0. The topological polar surface area (TPSA) is 26.3 Å². The molecule has 2 nitrogen and oxygen atoms in total. The molecule has 2 heteroatoms. The molecule has 0 bridgehead atoms. The predicted octanol–water partition coefficient (Wildman–Crippen LogP) is 1.78. The largest absolute Gasteiger partial charge is 0.370 e. The SMILES string of the molecule is CCC(CC)(OC)C(C)=O. The highest BCUT2D eigenvalue weighted by Gasteiger charge is 2.30. The van der Waals surface area contributed by atoms with Gasteiger partial charge in [-0.05, 0) is 19.8 Å². The van der Waals surface area contributed by atoms with Crippen molar-refractivity contribution in [2.75, 3.05) is 7.11 Å². The monoisotopic (exact) mass is 144 g/mol. The summed E-state index contributed by atoms with van der Waals surface area (Å²) in [7, 11) is 1.59. The summed E-state index contributed by atoms with van der Waals surface area (Å²) in [6.07, 6.45) is 1.52. The zero-order valence-corrected chi connectivity index (χ0v) is 7.23. The second kappa shape index (κ2) is 3.71. The van der Waals surface area contributed by atoms with Gasteiger partial charge in [0.2, 0.25) is 0 Å². The van der Waals surface area contributed by atoms with Crippen molar-refractivity contribution < 1.29 is 9.53 Å². The molecule has 0 unspecified atom stereocenters. The molecule has 0 atom stereocenters. The van der Waals surface area contributed by atoms with Crippen LogP contribution >= 0.6 is 0 Å². The number of hydrogen-bond acceptors (Lipinski definition) is 2. The van der Waals surface area contributed by atoms with E-state index in [1.165, 1.54) is 0 Å². The van der Waals surface area contributed by atoms with Crippen LogP contribution in [0.4, 0.5) is 0 Å². The highest BCUT2D eigenvalue weighted by molar-refractivity contribution is 5.84. The van der Waals surface area contributed by atoms with Crippen LogP contribution in [0.5, 0.6) is 0 Å². The summed E-state index contributed by atoms with van der Waals surface area (Å²) in [5.74, 6) is 0.125. The van der Waals surface area contributed by atoms with Gasteiger partial charge in [0.05, 0.1) is 0 Å². The summed E-state index contributed by atoms with van der Waals surface area (Å²) in [5.41, 5.74) is -0.514. The van der Waals surface area contributed by atoms with Gasteiger partial charge in [0, 0.05) is 7.11 Å². The van der Waals surface area contributed by atoms with Crippen LogP contribution in [0.15, 0.2) is 0 Å². The third-order valence-electron chi connectivity index (χ3n) is 2.17. The van der Waals surface area contributed by atoms with E-state index in [-0.39, 0.29) is 5.78 Å². The molecule has 0 aliphatic carbocycles. The third-order valence-corrected chi connectivity index (χ3v) is 2.17. The summed E-state index contributed by atoms with van der Waals surface area (Å²) in [6, 6.07) is 0. The molecule has 0 spiro atoms. The molecule has 0 aliphatic rings. The van der Waals surface area contributed by atoms with Gasteiger partial charge in [-0.25, -0.2) is 0 Å². The molecule has 0 aromatic heterocycles. The molecule has 0 heterocycles. The van der Waals surface area contributed by atoms with E-state index in [2.05, 4.69) is 0 Å². The minimum absolute atomic E-state index is 0.125. The molecule has 0 radical (unpaired) electrons. The number of ether oxygens (including phenoxy) is 1. The van der Waals surface area contributed by atoms with Crippen LogP contribution in [0.25, 0.3) is 0 Å². The molecule has 10 heavy (non-hydrogen) atoms. The average molecular weight is 144 g/mol. The van der Waals surface area contributed by atoms with E-state index in [0.717, 1.165) is 12.8 Å². The lowest BCUT2D eigenvalue weighted by atomic mass is 9.93. The van der Waals surface area contributed by atoms with Crippen molar-refractivity contribution in [3.05, 3.63) is 0 Å². The Kier molecular flexibility index (Phi) is 3.58. The summed E-state index contributed by atoms with van der Waals surface area (Å²) in [6.45, 7) is 5.51. The van der Waals surface area contributed by atoms with E-state index < -0.39 is 5.60 Å². The van der Waals surface area contributed by atoms with Gasteiger partial charge in [0.1, 0.15) is 5.60 Å². The van der Waals surface area contributed by atoms with E-state index in [9.17, 15) is 4.79 Å². The van der Waals surface area contributed by atoms with E-state index in [1.54, 1.807) is 14.0 Å². The lowest BCUT2D eigenvalue weighted by Gasteiger charge is -2.26. The van der Waals surface area contributed by atoms with Crippen molar-refractivity contribution in [2.24, 2.45) is 0 Å². The second-order valence-corrected chi connectivity index (χ2v) is 2.46. The molecule has 0 saturated carbocycles. The smallest absolute Gasteiger partial charge is 0.161 e. The number of methoxy groups -OCH3 is 1. The maximum absolute atomic E-state index is 11.0. The quantitative estimate of drug-likeness (QED) is 0.601. The van der Waals surface area contributed by atoms with Gasteiger partial charge < -0.3 is 4.74 Å². The average Bonchev–Trinajstić information content (AvgIpc) is 1.92. The first-order valence-corrected chi connectivity index (χ1v) is 3.69. The first-order valence-electron chi connectivity index (χ1n) is 3.69. The fourth-order valence-corrected chi connectivity index (χ4v) is 1.18. The van der Waals surface area contributed by atoms with Crippen LogP contribution < -0.4 is 0 Å². The Hall–Kier alpha value is -0.370. The minimum atomic E-state index is -0.514. The molecule has 0 amide bonds. The van der Waals surface area contributed by atoms with Crippen molar-refractivity contribution in [2.45, 2.75) is 39.2 Å². The summed E-state index contributed by atoms with van der Waals surface area (Å²) < 4.78 is 5.15. The summed E-state index contributed by atoms with van der Waals surface area (Å²) in [5, 5.41) is 0. The Bertz CT molecular complexity index is 106. The maximum Gasteiger partial charge on any atom is 0.161 e. The number of carbonyl (C=O) groups is 1. The Morgan fingerprint density at radius 2 is 1.80 bits per heavy atom. The van der Waals surface area contributed by atoms with E-state index >= 15 is 0 Å². The minimum Gasteiger partial charge on any atom is -0.370 e. The molecule has 0 aromatic rings. The van der Waals surface area contributed by atoms with Crippen molar-refractivity contribution in [3.8, 4) is 0 Å². The summed E-state index contributed by atoms with van der Waals surface area (Å²) >= 11 is 0.